The Kier molecular flexibility index (Phi) is 5.07. The molecule has 0 radical (unpaired) electrons. The number of halogens is 3. The van der Waals surface area contributed by atoms with Crippen LogP contribution in [0.5, 0.6) is 0 Å². The van der Waals surface area contributed by atoms with Crippen molar-refractivity contribution in [2.24, 2.45) is 5.92 Å². The summed E-state index contributed by atoms with van der Waals surface area (Å²) in [6.07, 6.45) is 0. The van der Waals surface area contributed by atoms with Crippen LogP contribution in [0.25, 0.3) is 0 Å². The van der Waals surface area contributed by atoms with E-state index in [9.17, 15) is 12.9 Å². The summed E-state index contributed by atoms with van der Waals surface area (Å²) < 4.78 is 37.1. The molecule has 0 atom stereocenters. The van der Waals surface area contributed by atoms with Gasteiger partial charge in [0.15, 0.2) is 0 Å². The third-order valence-electron chi connectivity index (χ3n) is 2.98. The molecule has 2 nitrogen and oxygen atoms in total. The second-order valence-electron chi connectivity index (χ2n) is 5.20. The van der Waals surface area contributed by atoms with Gasteiger partial charge < -0.3 is 17.8 Å². The van der Waals surface area contributed by atoms with Crippen LogP contribution < -0.4 is 0 Å². The summed E-state index contributed by atoms with van der Waals surface area (Å²) in [5.74, 6) is 0.607. The van der Waals surface area contributed by atoms with Crippen LogP contribution >= 0.6 is 0 Å². The Morgan fingerprint density at radius 2 is 1.59 bits per heavy atom. The number of nitrogens with zero attached hydrogens (tertiary/aromatic N) is 2. The van der Waals surface area contributed by atoms with E-state index in [1.165, 1.54) is 0 Å². The van der Waals surface area contributed by atoms with E-state index in [0.29, 0.717) is 19.0 Å². The molecule has 0 bridgehead atoms. The summed E-state index contributed by atoms with van der Waals surface area (Å²) in [6, 6.07) is 0. The van der Waals surface area contributed by atoms with Gasteiger partial charge >= 0.3 is 6.98 Å². The molecule has 1 fully saturated rings. The summed E-state index contributed by atoms with van der Waals surface area (Å²) in [6.45, 7) is 6.69. The maximum Gasteiger partial charge on any atom is 0.506 e. The molecule has 0 saturated carbocycles. The van der Waals surface area contributed by atoms with Crippen LogP contribution in [0.1, 0.15) is 13.8 Å². The molecular formula is C11H21BF3N2-. The first-order valence-corrected chi connectivity index (χ1v) is 6.11. The Morgan fingerprint density at radius 3 is 2.00 bits per heavy atom. The highest BCUT2D eigenvalue weighted by atomic mass is 19.4. The number of rotatable bonds is 5. The molecule has 1 aliphatic heterocycles. The van der Waals surface area contributed by atoms with Gasteiger partial charge in [0, 0.05) is 32.7 Å². The van der Waals surface area contributed by atoms with E-state index in [0.717, 1.165) is 19.6 Å². The second kappa shape index (κ2) is 5.91. The minimum Gasteiger partial charge on any atom is -0.445 e. The SMILES string of the molecule is C=C(CN1CCN(CC(C)C)CC1)[B-](F)(F)F. The summed E-state index contributed by atoms with van der Waals surface area (Å²) >= 11 is 0. The summed E-state index contributed by atoms with van der Waals surface area (Å²) in [5, 5.41) is 0. The van der Waals surface area contributed by atoms with Crippen LogP contribution in [-0.2, 0) is 0 Å². The average molecular weight is 249 g/mol. The van der Waals surface area contributed by atoms with Gasteiger partial charge in [-0.2, -0.15) is 0 Å². The molecular weight excluding hydrogens is 228 g/mol. The molecule has 1 rings (SSSR count). The molecule has 0 N–H and O–H groups in total. The molecule has 0 aliphatic carbocycles. The number of piperazine rings is 1. The van der Waals surface area contributed by atoms with Crippen molar-refractivity contribution >= 4 is 6.98 Å². The minimum atomic E-state index is -4.88. The molecule has 6 heteroatoms. The van der Waals surface area contributed by atoms with Crippen molar-refractivity contribution < 1.29 is 12.9 Å². The van der Waals surface area contributed by atoms with Crippen LogP contribution in [0.2, 0.25) is 0 Å². The van der Waals surface area contributed by atoms with Gasteiger partial charge in [-0.3, -0.25) is 4.90 Å². The second-order valence-corrected chi connectivity index (χ2v) is 5.20. The Bertz CT molecular complexity index is 258. The molecule has 1 aliphatic rings. The zero-order valence-corrected chi connectivity index (χ0v) is 10.6. The van der Waals surface area contributed by atoms with Crippen molar-refractivity contribution in [3.05, 3.63) is 12.1 Å². The van der Waals surface area contributed by atoms with Crippen LogP contribution in [0.3, 0.4) is 0 Å². The third kappa shape index (κ3) is 5.12. The molecule has 17 heavy (non-hydrogen) atoms. The molecule has 100 valence electrons. The molecule has 0 unspecified atom stereocenters. The molecule has 0 aromatic rings. The van der Waals surface area contributed by atoms with Crippen LogP contribution in [0, 0.1) is 5.92 Å². The van der Waals surface area contributed by atoms with E-state index in [1.54, 1.807) is 0 Å². The van der Waals surface area contributed by atoms with Crippen molar-refractivity contribution in [1.82, 2.24) is 9.80 Å². The first-order valence-electron chi connectivity index (χ1n) is 6.11. The smallest absolute Gasteiger partial charge is 0.445 e. The first kappa shape index (κ1) is 14.6. The van der Waals surface area contributed by atoms with E-state index in [4.69, 9.17) is 0 Å². The van der Waals surface area contributed by atoms with Gasteiger partial charge in [0.2, 0.25) is 0 Å². The maximum absolute atomic E-state index is 12.4. The molecule has 0 aromatic heterocycles. The molecule has 0 aromatic carbocycles. The van der Waals surface area contributed by atoms with E-state index in [-0.39, 0.29) is 6.54 Å². The van der Waals surface area contributed by atoms with E-state index < -0.39 is 12.4 Å². The molecule has 0 amide bonds. The van der Waals surface area contributed by atoms with Gasteiger partial charge in [-0.1, -0.05) is 13.8 Å². The van der Waals surface area contributed by atoms with E-state index >= 15 is 0 Å². The van der Waals surface area contributed by atoms with Crippen molar-refractivity contribution in [1.29, 1.82) is 0 Å². The lowest BCUT2D eigenvalue weighted by Gasteiger charge is -2.37. The van der Waals surface area contributed by atoms with E-state index in [2.05, 4.69) is 25.3 Å². The number of hydrogen-bond donors (Lipinski definition) is 0. The predicted octanol–water partition coefficient (Wildman–Crippen LogP) is 2.20. The Hall–Kier alpha value is -0.485. The highest BCUT2D eigenvalue weighted by Gasteiger charge is 2.28. The van der Waals surface area contributed by atoms with Crippen molar-refractivity contribution in [2.75, 3.05) is 39.3 Å². The van der Waals surface area contributed by atoms with Crippen LogP contribution in [-0.4, -0.2) is 56.0 Å². The van der Waals surface area contributed by atoms with Crippen molar-refractivity contribution in [3.63, 3.8) is 0 Å². The third-order valence-corrected chi connectivity index (χ3v) is 2.98. The zero-order valence-electron chi connectivity index (χ0n) is 10.6. The fourth-order valence-corrected chi connectivity index (χ4v) is 2.04. The topological polar surface area (TPSA) is 6.48 Å². The Balaban J connectivity index is 2.30. The summed E-state index contributed by atoms with van der Waals surface area (Å²) in [4.78, 5) is 4.15. The van der Waals surface area contributed by atoms with Crippen LogP contribution in [0.15, 0.2) is 12.1 Å². The number of hydrogen-bond acceptors (Lipinski definition) is 2. The highest BCUT2D eigenvalue weighted by molar-refractivity contribution is 6.66. The predicted molar refractivity (Wildman–Crippen MR) is 65.9 cm³/mol. The zero-order chi connectivity index (χ0) is 13.1. The molecule has 0 spiro atoms. The van der Waals surface area contributed by atoms with Gasteiger partial charge in [-0.15, -0.1) is 12.1 Å². The lowest BCUT2D eigenvalue weighted by molar-refractivity contribution is 0.130. The van der Waals surface area contributed by atoms with Gasteiger partial charge in [0.05, 0.1) is 0 Å². The van der Waals surface area contributed by atoms with Crippen molar-refractivity contribution in [3.8, 4) is 0 Å². The standard InChI is InChI=1S/C11H21BF3N2/c1-10(2)8-16-4-6-17(7-5-16)9-11(3)12(13,14)15/h10H,3-9H2,1-2H3/q-1. The largest absolute Gasteiger partial charge is 0.506 e. The van der Waals surface area contributed by atoms with Gasteiger partial charge in [-0.25, -0.2) is 0 Å². The average Bonchev–Trinajstić information content (AvgIpc) is 2.18. The van der Waals surface area contributed by atoms with Crippen molar-refractivity contribution in [2.45, 2.75) is 13.8 Å². The molecule has 1 saturated heterocycles. The van der Waals surface area contributed by atoms with Gasteiger partial charge in [0.1, 0.15) is 0 Å². The highest BCUT2D eigenvalue weighted by Crippen LogP contribution is 2.19. The minimum absolute atomic E-state index is 0.0288. The lowest BCUT2D eigenvalue weighted by atomic mass is 9.80. The fourth-order valence-electron chi connectivity index (χ4n) is 2.04. The van der Waals surface area contributed by atoms with Gasteiger partial charge in [0.25, 0.3) is 0 Å². The Labute approximate surface area is 102 Å². The molecule has 1 heterocycles. The Morgan fingerprint density at radius 1 is 1.12 bits per heavy atom. The van der Waals surface area contributed by atoms with Crippen LogP contribution in [0.4, 0.5) is 12.9 Å². The normalized spacial score (nSPS) is 19.9. The first-order chi connectivity index (χ1) is 7.79. The van der Waals surface area contributed by atoms with E-state index in [1.807, 2.05) is 4.90 Å². The monoisotopic (exact) mass is 249 g/mol. The summed E-state index contributed by atoms with van der Waals surface area (Å²) in [5.41, 5.74) is -0.581. The quantitative estimate of drug-likeness (QED) is 0.689. The van der Waals surface area contributed by atoms with Gasteiger partial charge in [-0.05, 0) is 12.5 Å². The lowest BCUT2D eigenvalue weighted by Crippen LogP contribution is -2.48. The maximum atomic E-state index is 12.4. The fraction of sp³-hybridized carbons (Fsp3) is 0.818. The summed E-state index contributed by atoms with van der Waals surface area (Å²) in [7, 11) is 0.